The van der Waals surface area contributed by atoms with Crippen molar-refractivity contribution >= 4 is 5.78 Å². The third kappa shape index (κ3) is 2.11. The van der Waals surface area contributed by atoms with Crippen molar-refractivity contribution in [1.29, 1.82) is 5.26 Å². The van der Waals surface area contributed by atoms with Crippen LogP contribution in [0.1, 0.15) is 52.4 Å². The molecule has 2 N–H and O–H groups in total. The number of Topliss-reactive ketones (excluding diaryl/α,β-unsaturated/α-hetero) is 1. The number of nitrogens with zero attached hydrogens (tertiary/aromatic N) is 1. The van der Waals surface area contributed by atoms with Crippen molar-refractivity contribution < 1.29 is 4.79 Å². The van der Waals surface area contributed by atoms with E-state index in [1.165, 1.54) is 0 Å². The average molecular weight is 220 g/mol. The van der Waals surface area contributed by atoms with Crippen molar-refractivity contribution in [2.75, 3.05) is 0 Å². The molecule has 0 saturated heterocycles. The Balaban J connectivity index is 2.99. The molecular formula is C13H20N2O. The number of nitriles is 1. The molecule has 1 aliphatic carbocycles. The van der Waals surface area contributed by atoms with Gasteiger partial charge in [-0.25, -0.2) is 0 Å². The lowest BCUT2D eigenvalue weighted by Crippen LogP contribution is -2.37. The third-order valence-electron chi connectivity index (χ3n) is 3.76. The molecule has 1 rings (SSSR count). The molecule has 0 radical (unpaired) electrons. The van der Waals surface area contributed by atoms with Crippen LogP contribution in [-0.4, -0.2) is 5.78 Å². The number of allylic oxidation sites excluding steroid dienone is 2. The maximum absolute atomic E-state index is 12.4. The molecule has 3 nitrogen and oxygen atoms in total. The summed E-state index contributed by atoms with van der Waals surface area (Å²) in [5.74, 6) is 0.191. The third-order valence-corrected chi connectivity index (χ3v) is 3.76. The van der Waals surface area contributed by atoms with Gasteiger partial charge in [-0.05, 0) is 32.1 Å². The van der Waals surface area contributed by atoms with E-state index in [9.17, 15) is 4.79 Å². The van der Waals surface area contributed by atoms with Gasteiger partial charge in [0.1, 0.15) is 0 Å². The number of ketones is 1. The fraction of sp³-hybridized carbons (Fsp3) is 0.692. The standard InChI is InChI=1S/C13H20N2O/c1-3-10-11(15)6-8-13(4-2,12(10)16)7-5-9-14/h3-8,15H2,1-2H3. The number of rotatable bonds is 4. The van der Waals surface area contributed by atoms with Crippen LogP contribution in [0.25, 0.3) is 0 Å². The van der Waals surface area contributed by atoms with Crippen LogP contribution in [-0.2, 0) is 4.79 Å². The molecule has 3 heteroatoms. The zero-order chi connectivity index (χ0) is 12.2. The summed E-state index contributed by atoms with van der Waals surface area (Å²) in [6, 6.07) is 2.14. The first-order valence-corrected chi connectivity index (χ1v) is 6.00. The predicted octanol–water partition coefficient (Wildman–Crippen LogP) is 2.67. The van der Waals surface area contributed by atoms with Crippen molar-refractivity contribution in [3.8, 4) is 6.07 Å². The van der Waals surface area contributed by atoms with Gasteiger partial charge in [0, 0.05) is 23.1 Å². The molecule has 0 aromatic rings. The highest BCUT2D eigenvalue weighted by Gasteiger charge is 2.40. The van der Waals surface area contributed by atoms with E-state index in [-0.39, 0.29) is 11.2 Å². The van der Waals surface area contributed by atoms with Gasteiger partial charge in [0.2, 0.25) is 0 Å². The summed E-state index contributed by atoms with van der Waals surface area (Å²) in [6.45, 7) is 4.00. The Morgan fingerprint density at radius 3 is 2.69 bits per heavy atom. The van der Waals surface area contributed by atoms with Crippen molar-refractivity contribution in [3.63, 3.8) is 0 Å². The van der Waals surface area contributed by atoms with Crippen LogP contribution in [0.2, 0.25) is 0 Å². The smallest absolute Gasteiger partial charge is 0.166 e. The van der Waals surface area contributed by atoms with Gasteiger partial charge >= 0.3 is 0 Å². The van der Waals surface area contributed by atoms with Gasteiger partial charge in [-0.15, -0.1) is 0 Å². The van der Waals surface area contributed by atoms with Gasteiger partial charge in [-0.2, -0.15) is 5.26 Å². The Bertz CT molecular complexity index is 351. The van der Waals surface area contributed by atoms with Crippen LogP contribution in [0.5, 0.6) is 0 Å². The fourth-order valence-electron chi connectivity index (χ4n) is 2.54. The number of hydrogen-bond acceptors (Lipinski definition) is 3. The van der Waals surface area contributed by atoms with Gasteiger partial charge in [-0.3, -0.25) is 4.79 Å². The number of hydrogen-bond donors (Lipinski definition) is 1. The normalized spacial score (nSPS) is 25.7. The highest BCUT2D eigenvalue weighted by molar-refractivity contribution is 6.01. The van der Waals surface area contributed by atoms with Crippen molar-refractivity contribution in [2.45, 2.75) is 52.4 Å². The van der Waals surface area contributed by atoms with E-state index in [1.54, 1.807) is 0 Å². The summed E-state index contributed by atoms with van der Waals surface area (Å²) in [5.41, 5.74) is 7.12. The zero-order valence-electron chi connectivity index (χ0n) is 10.2. The first-order valence-electron chi connectivity index (χ1n) is 6.00. The van der Waals surface area contributed by atoms with E-state index in [2.05, 4.69) is 6.07 Å². The Hall–Kier alpha value is -1.30. The minimum absolute atomic E-state index is 0.191. The quantitative estimate of drug-likeness (QED) is 0.792. The van der Waals surface area contributed by atoms with Crippen LogP contribution in [0.15, 0.2) is 11.3 Å². The maximum Gasteiger partial charge on any atom is 0.166 e. The number of nitrogens with two attached hydrogens (primary N) is 1. The van der Waals surface area contributed by atoms with E-state index >= 15 is 0 Å². The summed E-state index contributed by atoms with van der Waals surface area (Å²) in [5, 5.41) is 8.67. The molecule has 0 aromatic carbocycles. The molecule has 0 bridgehead atoms. The molecule has 1 atom stereocenters. The van der Waals surface area contributed by atoms with E-state index in [0.29, 0.717) is 19.3 Å². The van der Waals surface area contributed by atoms with Gasteiger partial charge in [0.15, 0.2) is 5.78 Å². The summed E-state index contributed by atoms with van der Waals surface area (Å²) in [6.07, 6.45) is 4.25. The summed E-state index contributed by atoms with van der Waals surface area (Å²) in [4.78, 5) is 12.4. The Labute approximate surface area is 97.3 Å². The monoisotopic (exact) mass is 220 g/mol. The molecule has 0 spiro atoms. The Morgan fingerprint density at radius 1 is 1.50 bits per heavy atom. The molecule has 0 aliphatic heterocycles. The lowest BCUT2D eigenvalue weighted by atomic mass is 9.67. The molecule has 88 valence electrons. The highest BCUT2D eigenvalue weighted by Crippen LogP contribution is 2.42. The van der Waals surface area contributed by atoms with Gasteiger partial charge in [0.25, 0.3) is 0 Å². The molecule has 0 amide bonds. The first kappa shape index (κ1) is 12.8. The van der Waals surface area contributed by atoms with Gasteiger partial charge in [-0.1, -0.05) is 13.8 Å². The molecule has 16 heavy (non-hydrogen) atoms. The van der Waals surface area contributed by atoms with Crippen LogP contribution < -0.4 is 5.73 Å². The van der Waals surface area contributed by atoms with Crippen molar-refractivity contribution in [1.82, 2.24) is 0 Å². The van der Waals surface area contributed by atoms with E-state index in [1.807, 2.05) is 13.8 Å². The Kier molecular flexibility index (Phi) is 4.12. The summed E-state index contributed by atoms with van der Waals surface area (Å²) in [7, 11) is 0. The predicted molar refractivity (Wildman–Crippen MR) is 63.3 cm³/mol. The van der Waals surface area contributed by atoms with Crippen LogP contribution in [0.4, 0.5) is 0 Å². The van der Waals surface area contributed by atoms with E-state index in [0.717, 1.165) is 30.5 Å². The van der Waals surface area contributed by atoms with Crippen LogP contribution >= 0.6 is 0 Å². The number of carbonyl (C=O) groups excluding carboxylic acids is 1. The SMILES string of the molecule is CCC1=C(N)CCC(CC)(CCC#N)C1=O. The average Bonchev–Trinajstić information content (AvgIpc) is 2.30. The Morgan fingerprint density at radius 2 is 2.19 bits per heavy atom. The lowest BCUT2D eigenvalue weighted by molar-refractivity contribution is -0.126. The highest BCUT2D eigenvalue weighted by atomic mass is 16.1. The molecular weight excluding hydrogens is 200 g/mol. The molecule has 0 heterocycles. The second-order valence-corrected chi connectivity index (χ2v) is 4.48. The van der Waals surface area contributed by atoms with E-state index < -0.39 is 0 Å². The van der Waals surface area contributed by atoms with Gasteiger partial charge in [0.05, 0.1) is 6.07 Å². The minimum atomic E-state index is -0.316. The van der Waals surface area contributed by atoms with Crippen molar-refractivity contribution in [3.05, 3.63) is 11.3 Å². The topological polar surface area (TPSA) is 66.9 Å². The second kappa shape index (κ2) is 5.16. The largest absolute Gasteiger partial charge is 0.402 e. The molecule has 1 aliphatic rings. The molecule has 1 unspecified atom stereocenters. The second-order valence-electron chi connectivity index (χ2n) is 4.48. The van der Waals surface area contributed by atoms with Gasteiger partial charge < -0.3 is 5.73 Å². The summed E-state index contributed by atoms with van der Waals surface area (Å²) >= 11 is 0. The molecule has 0 fully saturated rings. The van der Waals surface area contributed by atoms with E-state index in [4.69, 9.17) is 11.0 Å². The molecule has 0 aromatic heterocycles. The lowest BCUT2D eigenvalue weighted by Gasteiger charge is -2.35. The zero-order valence-corrected chi connectivity index (χ0v) is 10.2. The maximum atomic E-state index is 12.4. The molecule has 0 saturated carbocycles. The first-order chi connectivity index (χ1) is 7.61. The minimum Gasteiger partial charge on any atom is -0.402 e. The van der Waals surface area contributed by atoms with Crippen molar-refractivity contribution in [2.24, 2.45) is 11.1 Å². The fourth-order valence-corrected chi connectivity index (χ4v) is 2.54. The number of carbonyl (C=O) groups is 1. The van der Waals surface area contributed by atoms with Crippen LogP contribution in [0, 0.1) is 16.7 Å². The summed E-state index contributed by atoms with van der Waals surface area (Å²) < 4.78 is 0. The van der Waals surface area contributed by atoms with Crippen LogP contribution in [0.3, 0.4) is 0 Å².